The van der Waals surface area contributed by atoms with Gasteiger partial charge in [0.2, 0.25) is 0 Å². The summed E-state index contributed by atoms with van der Waals surface area (Å²) in [6, 6.07) is 0. The molecule has 0 spiro atoms. The van der Waals surface area contributed by atoms with E-state index in [0.717, 1.165) is 12.2 Å². The number of thioether (sulfide) groups is 1. The highest BCUT2D eigenvalue weighted by atomic mass is 32.2. The van der Waals surface area contributed by atoms with Gasteiger partial charge in [-0.1, -0.05) is 13.8 Å². The van der Waals surface area contributed by atoms with Crippen LogP contribution in [0, 0.1) is 5.92 Å². The zero-order chi connectivity index (χ0) is 21.6. The quantitative estimate of drug-likeness (QED) is 0.282. The second-order valence-corrected chi connectivity index (χ2v) is 8.58. The van der Waals surface area contributed by atoms with Gasteiger partial charge < -0.3 is 44.5 Å². The van der Waals surface area contributed by atoms with Crippen LogP contribution in [0.3, 0.4) is 0 Å². The monoisotopic (exact) mass is 440 g/mol. The molecule has 10 heteroatoms. The van der Waals surface area contributed by atoms with Gasteiger partial charge in [0.25, 0.3) is 0 Å². The Morgan fingerprint density at radius 2 is 1.52 bits per heavy atom. The summed E-state index contributed by atoms with van der Waals surface area (Å²) >= 11 is 1.61. The molecule has 6 unspecified atom stereocenters. The molecular formula is C19H36O9S. The Balaban J connectivity index is 2.15. The van der Waals surface area contributed by atoms with Crippen LogP contribution in [-0.2, 0) is 18.9 Å². The van der Waals surface area contributed by atoms with Crippen molar-refractivity contribution >= 4 is 11.8 Å². The third-order valence-corrected chi connectivity index (χ3v) is 6.66. The Bertz CT molecular complexity index is 469. The Morgan fingerprint density at radius 1 is 0.862 bits per heavy atom. The van der Waals surface area contributed by atoms with E-state index in [1.165, 1.54) is 0 Å². The van der Waals surface area contributed by atoms with Gasteiger partial charge in [-0.2, -0.15) is 11.8 Å². The standard InChI is InChI=1S/C19H36O9S/c1-4-7-29-9-12-17(14(22)16(24)18(27-12)25-6-3)28-19-15(23)13(21)10(5-2)11(8-20)26-19/h10-24H,4-9H2,1-3H3/t10?,11?,12?,13-,14+,15?,16?,17?,18-,19+/m0/s1. The van der Waals surface area contributed by atoms with Gasteiger partial charge in [0, 0.05) is 18.3 Å². The van der Waals surface area contributed by atoms with E-state index in [9.17, 15) is 25.5 Å². The highest BCUT2D eigenvalue weighted by Crippen LogP contribution is 2.33. The van der Waals surface area contributed by atoms with Crippen molar-refractivity contribution < 1.29 is 44.5 Å². The number of aliphatic hydroxyl groups is 5. The molecule has 2 fully saturated rings. The fourth-order valence-corrected chi connectivity index (χ4v) is 4.75. The fraction of sp³-hybridized carbons (Fsp3) is 1.00. The van der Waals surface area contributed by atoms with E-state index < -0.39 is 61.2 Å². The second kappa shape index (κ2) is 12.1. The van der Waals surface area contributed by atoms with E-state index in [0.29, 0.717) is 18.8 Å². The van der Waals surface area contributed by atoms with Gasteiger partial charge >= 0.3 is 0 Å². The van der Waals surface area contributed by atoms with Gasteiger partial charge in [0.05, 0.1) is 24.9 Å². The molecule has 0 aromatic rings. The molecule has 10 atom stereocenters. The number of ether oxygens (including phenoxy) is 4. The maximum Gasteiger partial charge on any atom is 0.187 e. The molecular weight excluding hydrogens is 404 g/mol. The molecule has 0 saturated carbocycles. The van der Waals surface area contributed by atoms with Gasteiger partial charge in [-0.25, -0.2) is 0 Å². The summed E-state index contributed by atoms with van der Waals surface area (Å²) in [5.74, 6) is 0.931. The average Bonchev–Trinajstić information content (AvgIpc) is 2.71. The summed E-state index contributed by atoms with van der Waals surface area (Å²) in [7, 11) is 0. The second-order valence-electron chi connectivity index (χ2n) is 7.43. The van der Waals surface area contributed by atoms with Crippen molar-refractivity contribution in [1.29, 1.82) is 0 Å². The lowest BCUT2D eigenvalue weighted by molar-refractivity contribution is -0.351. The maximum absolute atomic E-state index is 10.7. The Labute approximate surface area is 176 Å². The highest BCUT2D eigenvalue weighted by Gasteiger charge is 2.50. The Hall–Kier alpha value is -0.0100. The van der Waals surface area contributed by atoms with Crippen molar-refractivity contribution in [3.8, 4) is 0 Å². The van der Waals surface area contributed by atoms with Crippen LogP contribution in [0.25, 0.3) is 0 Å². The number of aliphatic hydroxyl groups excluding tert-OH is 5. The lowest BCUT2D eigenvalue weighted by Gasteiger charge is -2.47. The van der Waals surface area contributed by atoms with Gasteiger partial charge in [0.1, 0.15) is 24.4 Å². The molecule has 0 aromatic heterocycles. The predicted octanol–water partition coefficient (Wildman–Crippen LogP) is -0.537. The lowest BCUT2D eigenvalue weighted by atomic mass is 9.87. The van der Waals surface area contributed by atoms with E-state index in [1.807, 2.05) is 6.92 Å². The molecule has 0 amide bonds. The SMILES string of the molecule is CCCSCC1O[C@H](OCC)C(O)[C@@H](O)C1O[C@H]1OC(CO)C(CC)[C@H](O)C1O. The normalized spacial score (nSPS) is 43.4. The van der Waals surface area contributed by atoms with Crippen LogP contribution in [0.4, 0.5) is 0 Å². The summed E-state index contributed by atoms with van der Waals surface area (Å²) in [6.07, 6.45) is -8.30. The average molecular weight is 441 g/mol. The molecule has 0 radical (unpaired) electrons. The van der Waals surface area contributed by atoms with E-state index in [4.69, 9.17) is 18.9 Å². The largest absolute Gasteiger partial charge is 0.394 e. The van der Waals surface area contributed by atoms with Crippen LogP contribution in [0.2, 0.25) is 0 Å². The van der Waals surface area contributed by atoms with Crippen LogP contribution in [0.15, 0.2) is 0 Å². The minimum atomic E-state index is -1.36. The first-order valence-corrected chi connectivity index (χ1v) is 11.5. The molecule has 0 bridgehead atoms. The van der Waals surface area contributed by atoms with Crippen molar-refractivity contribution in [2.45, 2.75) is 88.9 Å². The van der Waals surface area contributed by atoms with E-state index >= 15 is 0 Å². The Morgan fingerprint density at radius 3 is 2.10 bits per heavy atom. The van der Waals surface area contributed by atoms with E-state index in [1.54, 1.807) is 18.7 Å². The first-order chi connectivity index (χ1) is 13.9. The molecule has 2 heterocycles. The molecule has 2 aliphatic rings. The first kappa shape index (κ1) is 25.3. The van der Waals surface area contributed by atoms with Gasteiger partial charge in [-0.05, 0) is 25.5 Å². The summed E-state index contributed by atoms with van der Waals surface area (Å²) in [4.78, 5) is 0. The van der Waals surface area contributed by atoms with Crippen LogP contribution >= 0.6 is 11.8 Å². The molecule has 2 saturated heterocycles. The van der Waals surface area contributed by atoms with Gasteiger partial charge in [-0.15, -0.1) is 0 Å². The molecule has 29 heavy (non-hydrogen) atoms. The van der Waals surface area contributed by atoms with Gasteiger partial charge in [0.15, 0.2) is 12.6 Å². The van der Waals surface area contributed by atoms with Crippen molar-refractivity contribution in [2.75, 3.05) is 24.7 Å². The minimum absolute atomic E-state index is 0.308. The van der Waals surface area contributed by atoms with Crippen LogP contribution < -0.4 is 0 Å². The smallest absolute Gasteiger partial charge is 0.187 e. The van der Waals surface area contributed by atoms with Crippen LogP contribution in [0.5, 0.6) is 0 Å². The maximum atomic E-state index is 10.7. The van der Waals surface area contributed by atoms with E-state index in [2.05, 4.69) is 6.92 Å². The Kier molecular flexibility index (Phi) is 10.6. The van der Waals surface area contributed by atoms with Gasteiger partial charge in [-0.3, -0.25) is 0 Å². The number of rotatable bonds is 10. The van der Waals surface area contributed by atoms with E-state index in [-0.39, 0.29) is 6.61 Å². The molecule has 9 nitrogen and oxygen atoms in total. The third kappa shape index (κ3) is 6.03. The molecule has 0 aliphatic carbocycles. The molecule has 5 N–H and O–H groups in total. The number of hydrogen-bond donors (Lipinski definition) is 5. The zero-order valence-electron chi connectivity index (χ0n) is 17.3. The van der Waals surface area contributed by atoms with Crippen molar-refractivity contribution in [1.82, 2.24) is 0 Å². The molecule has 2 rings (SSSR count). The summed E-state index contributed by atoms with van der Waals surface area (Å²) in [5.41, 5.74) is 0. The zero-order valence-corrected chi connectivity index (χ0v) is 18.1. The molecule has 0 aromatic carbocycles. The third-order valence-electron chi connectivity index (χ3n) is 5.40. The minimum Gasteiger partial charge on any atom is -0.394 e. The van der Waals surface area contributed by atoms with Crippen molar-refractivity contribution in [2.24, 2.45) is 5.92 Å². The summed E-state index contributed by atoms with van der Waals surface area (Å²) < 4.78 is 22.8. The molecule has 172 valence electrons. The van der Waals surface area contributed by atoms with Crippen LogP contribution in [0.1, 0.15) is 33.6 Å². The fourth-order valence-electron chi connectivity index (χ4n) is 3.79. The lowest BCUT2D eigenvalue weighted by Crippen LogP contribution is -2.63. The predicted molar refractivity (Wildman–Crippen MR) is 106 cm³/mol. The topological polar surface area (TPSA) is 138 Å². The van der Waals surface area contributed by atoms with Crippen molar-refractivity contribution in [3.05, 3.63) is 0 Å². The van der Waals surface area contributed by atoms with Crippen LogP contribution in [-0.4, -0.2) is 106 Å². The number of hydrogen-bond acceptors (Lipinski definition) is 10. The molecule has 2 aliphatic heterocycles. The van der Waals surface area contributed by atoms with Crippen molar-refractivity contribution in [3.63, 3.8) is 0 Å². The summed E-state index contributed by atoms with van der Waals surface area (Å²) in [6.45, 7) is 5.62. The highest BCUT2D eigenvalue weighted by molar-refractivity contribution is 7.99. The first-order valence-electron chi connectivity index (χ1n) is 10.4. The summed E-state index contributed by atoms with van der Waals surface area (Å²) in [5, 5.41) is 51.5.